The first kappa shape index (κ1) is 19.4. The molecule has 120 valence electrons. The molecule has 0 saturated heterocycles. The largest absolute Gasteiger partial charge is 0.356 e. The van der Waals surface area contributed by atoms with Gasteiger partial charge in [0.25, 0.3) is 0 Å². The highest BCUT2D eigenvalue weighted by Gasteiger charge is 2.00. The van der Waals surface area contributed by atoms with E-state index in [9.17, 15) is 4.79 Å². The van der Waals surface area contributed by atoms with Crippen LogP contribution in [0.4, 0.5) is 0 Å². The summed E-state index contributed by atoms with van der Waals surface area (Å²) in [7, 11) is 0. The minimum absolute atomic E-state index is 0.239. The molecule has 0 rings (SSSR count). The van der Waals surface area contributed by atoms with Crippen molar-refractivity contribution in [2.45, 2.75) is 90.4 Å². The lowest BCUT2D eigenvalue weighted by Gasteiger charge is -2.05. The van der Waals surface area contributed by atoms with Gasteiger partial charge in [-0.3, -0.25) is 4.79 Å². The number of nitrogens with two attached hydrogens (primary N) is 1. The number of nitrogens with one attached hydrogen (secondary N) is 1. The zero-order chi connectivity index (χ0) is 14.9. The number of rotatable bonds is 15. The third kappa shape index (κ3) is 15.5. The van der Waals surface area contributed by atoms with Gasteiger partial charge in [-0.15, -0.1) is 0 Å². The van der Waals surface area contributed by atoms with Crippen molar-refractivity contribution in [3.8, 4) is 0 Å². The number of carbonyl (C=O) groups is 1. The number of unbranched alkanes of at least 4 members (excludes halogenated alkanes) is 10. The predicted molar refractivity (Wildman–Crippen MR) is 87.8 cm³/mol. The van der Waals surface area contributed by atoms with Crippen LogP contribution in [0, 0.1) is 0 Å². The second-order valence-electron chi connectivity index (χ2n) is 5.78. The molecule has 0 bridgehead atoms. The lowest BCUT2D eigenvalue weighted by Crippen LogP contribution is -2.23. The van der Waals surface area contributed by atoms with E-state index in [1.165, 1.54) is 64.2 Å². The van der Waals surface area contributed by atoms with Crippen molar-refractivity contribution in [2.24, 2.45) is 5.73 Å². The molecule has 0 atom stereocenters. The highest BCUT2D eigenvalue weighted by molar-refractivity contribution is 5.75. The summed E-state index contributed by atoms with van der Waals surface area (Å²) in [5, 5.41) is 3.00. The molecular formula is C17H36N2O. The van der Waals surface area contributed by atoms with Crippen molar-refractivity contribution in [1.82, 2.24) is 5.32 Å². The Hall–Kier alpha value is -0.570. The molecule has 0 aliphatic carbocycles. The van der Waals surface area contributed by atoms with Crippen molar-refractivity contribution in [3.63, 3.8) is 0 Å². The molecule has 1 amide bonds. The van der Waals surface area contributed by atoms with Crippen LogP contribution >= 0.6 is 0 Å². The number of carbonyl (C=O) groups excluding carboxylic acids is 1. The Morgan fingerprint density at radius 3 is 1.90 bits per heavy atom. The number of amides is 1. The number of hydrogen-bond donors (Lipinski definition) is 2. The Morgan fingerprint density at radius 2 is 1.35 bits per heavy atom. The van der Waals surface area contributed by atoms with E-state index in [1.54, 1.807) is 0 Å². The Kier molecular flexibility index (Phi) is 16.0. The van der Waals surface area contributed by atoms with Gasteiger partial charge in [0.05, 0.1) is 0 Å². The third-order valence-electron chi connectivity index (χ3n) is 3.71. The molecule has 0 aromatic rings. The Bertz CT molecular complexity index is 207. The average molecular weight is 284 g/mol. The Labute approximate surface area is 126 Å². The van der Waals surface area contributed by atoms with Gasteiger partial charge < -0.3 is 11.1 Å². The van der Waals surface area contributed by atoms with Crippen molar-refractivity contribution in [3.05, 3.63) is 0 Å². The maximum Gasteiger partial charge on any atom is 0.219 e. The minimum atomic E-state index is 0.239. The van der Waals surface area contributed by atoms with Crippen LogP contribution < -0.4 is 11.1 Å². The van der Waals surface area contributed by atoms with E-state index in [2.05, 4.69) is 12.2 Å². The summed E-state index contributed by atoms with van der Waals surface area (Å²) in [6, 6.07) is 0. The molecule has 0 saturated carbocycles. The van der Waals surface area contributed by atoms with Crippen molar-refractivity contribution in [2.75, 3.05) is 13.1 Å². The quantitative estimate of drug-likeness (QED) is 0.444. The van der Waals surface area contributed by atoms with Crippen LogP contribution in [-0.4, -0.2) is 19.0 Å². The van der Waals surface area contributed by atoms with Gasteiger partial charge in [0.2, 0.25) is 5.91 Å². The summed E-state index contributed by atoms with van der Waals surface area (Å²) in [4.78, 5) is 11.5. The SMILES string of the molecule is CCCCCNC(=O)CCCCCCCCCCCN. The Morgan fingerprint density at radius 1 is 0.800 bits per heavy atom. The molecule has 0 heterocycles. The van der Waals surface area contributed by atoms with Crippen molar-refractivity contribution < 1.29 is 4.79 Å². The molecule has 0 aliphatic heterocycles. The maximum absolute atomic E-state index is 11.5. The summed E-state index contributed by atoms with van der Waals surface area (Å²) in [5.41, 5.74) is 5.46. The summed E-state index contributed by atoms with van der Waals surface area (Å²) in [6.07, 6.45) is 15.6. The average Bonchev–Trinajstić information content (AvgIpc) is 2.45. The first-order valence-corrected chi connectivity index (χ1v) is 8.78. The minimum Gasteiger partial charge on any atom is -0.356 e. The summed E-state index contributed by atoms with van der Waals surface area (Å²) in [6.45, 7) is 3.87. The molecular weight excluding hydrogens is 248 g/mol. The van der Waals surface area contributed by atoms with Gasteiger partial charge in [0, 0.05) is 13.0 Å². The van der Waals surface area contributed by atoms with Crippen LogP contribution in [-0.2, 0) is 4.79 Å². The molecule has 0 unspecified atom stereocenters. The topological polar surface area (TPSA) is 55.1 Å². The third-order valence-corrected chi connectivity index (χ3v) is 3.71. The van der Waals surface area contributed by atoms with Gasteiger partial charge >= 0.3 is 0 Å². The molecule has 20 heavy (non-hydrogen) atoms. The molecule has 3 heteroatoms. The zero-order valence-electron chi connectivity index (χ0n) is 13.6. The van der Waals surface area contributed by atoms with Crippen LogP contribution in [0.1, 0.15) is 90.4 Å². The van der Waals surface area contributed by atoms with Crippen LogP contribution in [0.25, 0.3) is 0 Å². The molecule has 0 aliphatic rings. The highest BCUT2D eigenvalue weighted by Crippen LogP contribution is 2.10. The Balaban J connectivity index is 3.09. The lowest BCUT2D eigenvalue weighted by molar-refractivity contribution is -0.121. The van der Waals surface area contributed by atoms with E-state index in [-0.39, 0.29) is 5.91 Å². The summed E-state index contributed by atoms with van der Waals surface area (Å²) >= 11 is 0. The van der Waals surface area contributed by atoms with E-state index in [0.29, 0.717) is 6.42 Å². The molecule has 0 spiro atoms. The molecule has 3 nitrogen and oxygen atoms in total. The first-order chi connectivity index (χ1) is 9.81. The van der Waals surface area contributed by atoms with E-state index in [0.717, 1.165) is 25.9 Å². The van der Waals surface area contributed by atoms with Crippen LogP contribution in [0.5, 0.6) is 0 Å². The fraction of sp³-hybridized carbons (Fsp3) is 0.941. The van der Waals surface area contributed by atoms with Crippen LogP contribution in [0.3, 0.4) is 0 Å². The second kappa shape index (κ2) is 16.5. The standard InChI is InChI=1S/C17H36N2O/c1-2-3-13-16-19-17(20)14-11-9-7-5-4-6-8-10-12-15-18/h2-16,18H2,1H3,(H,19,20). The zero-order valence-corrected chi connectivity index (χ0v) is 13.6. The van der Waals surface area contributed by atoms with E-state index in [1.807, 2.05) is 0 Å². The molecule has 0 aromatic heterocycles. The first-order valence-electron chi connectivity index (χ1n) is 8.78. The van der Waals surface area contributed by atoms with Gasteiger partial charge in [-0.2, -0.15) is 0 Å². The summed E-state index contributed by atoms with van der Waals surface area (Å²) < 4.78 is 0. The normalized spacial score (nSPS) is 10.7. The van der Waals surface area contributed by atoms with Gasteiger partial charge in [0.1, 0.15) is 0 Å². The molecule has 0 radical (unpaired) electrons. The number of hydrogen-bond acceptors (Lipinski definition) is 2. The van der Waals surface area contributed by atoms with Crippen LogP contribution in [0.15, 0.2) is 0 Å². The van der Waals surface area contributed by atoms with Crippen LogP contribution in [0.2, 0.25) is 0 Å². The molecule has 0 aromatic carbocycles. The molecule has 3 N–H and O–H groups in total. The van der Waals surface area contributed by atoms with E-state index < -0.39 is 0 Å². The smallest absolute Gasteiger partial charge is 0.219 e. The molecule has 0 fully saturated rings. The summed E-state index contributed by atoms with van der Waals surface area (Å²) in [5.74, 6) is 0.239. The fourth-order valence-corrected chi connectivity index (χ4v) is 2.36. The lowest BCUT2D eigenvalue weighted by atomic mass is 10.1. The highest BCUT2D eigenvalue weighted by atomic mass is 16.1. The van der Waals surface area contributed by atoms with Crippen molar-refractivity contribution in [1.29, 1.82) is 0 Å². The van der Waals surface area contributed by atoms with E-state index in [4.69, 9.17) is 5.73 Å². The van der Waals surface area contributed by atoms with Gasteiger partial charge in [-0.05, 0) is 25.8 Å². The predicted octanol–water partition coefficient (Wildman–Crippen LogP) is 4.15. The van der Waals surface area contributed by atoms with Gasteiger partial charge in [0.15, 0.2) is 0 Å². The maximum atomic E-state index is 11.5. The van der Waals surface area contributed by atoms with Gasteiger partial charge in [-0.25, -0.2) is 0 Å². The fourth-order valence-electron chi connectivity index (χ4n) is 2.36. The van der Waals surface area contributed by atoms with E-state index >= 15 is 0 Å². The van der Waals surface area contributed by atoms with Gasteiger partial charge in [-0.1, -0.05) is 64.7 Å². The monoisotopic (exact) mass is 284 g/mol. The second-order valence-corrected chi connectivity index (χ2v) is 5.78. The van der Waals surface area contributed by atoms with Crippen molar-refractivity contribution >= 4 is 5.91 Å².